The number of benzene rings is 3. The van der Waals surface area contributed by atoms with Crippen molar-refractivity contribution in [3.05, 3.63) is 101 Å². The monoisotopic (exact) mass is 659 g/mol. The predicted octanol–water partition coefficient (Wildman–Crippen LogP) is 6.39. The molecule has 2 heterocycles. The first kappa shape index (κ1) is 33.3. The van der Waals surface area contributed by atoms with E-state index in [1.807, 2.05) is 48.3 Å². The number of carbonyl (C=O) groups excluding carboxylic acids is 1. The van der Waals surface area contributed by atoms with Gasteiger partial charge in [0.15, 0.2) is 17.3 Å². The summed E-state index contributed by atoms with van der Waals surface area (Å²) in [6.45, 7) is 2.67. The molecule has 1 aliphatic heterocycles. The highest BCUT2D eigenvalue weighted by Gasteiger charge is 2.27. The number of thioether (sulfide) groups is 1. The fourth-order valence-electron chi connectivity index (χ4n) is 4.54. The molecule has 1 aromatic heterocycles. The number of hydrogen-bond donors (Lipinski definition) is 1. The second kappa shape index (κ2) is 15.5. The normalized spacial score (nSPS) is 14.8. The Hall–Kier alpha value is -5.03. The summed E-state index contributed by atoms with van der Waals surface area (Å²) in [5.74, 6) is -3.46. The fourth-order valence-corrected chi connectivity index (χ4v) is 5.43. The minimum Gasteiger partial charge on any atom is -0.485 e. The van der Waals surface area contributed by atoms with Gasteiger partial charge in [-0.2, -0.15) is 9.65 Å². The Kier molecular flexibility index (Phi) is 11.0. The van der Waals surface area contributed by atoms with Crippen LogP contribution in [0.5, 0.6) is 28.9 Å². The number of aliphatic imine (C=N–C) groups is 1. The van der Waals surface area contributed by atoms with Crippen molar-refractivity contribution in [2.45, 2.75) is 30.6 Å². The Balaban J connectivity index is 1.42. The van der Waals surface area contributed by atoms with E-state index in [1.54, 1.807) is 31.3 Å². The summed E-state index contributed by atoms with van der Waals surface area (Å²) >= 11 is 1.32. The van der Waals surface area contributed by atoms with Crippen molar-refractivity contribution in [2.75, 3.05) is 26.0 Å². The lowest BCUT2D eigenvalue weighted by molar-refractivity contribution is -0.144. The number of halogens is 2. The molecule has 0 radical (unpaired) electrons. The lowest BCUT2D eigenvalue weighted by atomic mass is 10.1. The smallest absolute Gasteiger partial charge is 0.323 e. The molecule has 4 aromatic rings. The number of carbonyl (C=O) groups is 1. The summed E-state index contributed by atoms with van der Waals surface area (Å²) in [4.78, 5) is 23.0. The Morgan fingerprint density at radius 2 is 1.89 bits per heavy atom. The van der Waals surface area contributed by atoms with E-state index < -0.39 is 41.4 Å². The highest BCUT2D eigenvalue weighted by Crippen LogP contribution is 2.41. The van der Waals surface area contributed by atoms with Crippen LogP contribution < -0.4 is 19.9 Å². The van der Waals surface area contributed by atoms with Gasteiger partial charge in [0.25, 0.3) is 5.88 Å². The molecule has 47 heavy (non-hydrogen) atoms. The van der Waals surface area contributed by atoms with Gasteiger partial charge in [0.1, 0.15) is 24.6 Å². The van der Waals surface area contributed by atoms with Crippen molar-refractivity contribution in [1.82, 2.24) is 9.88 Å². The van der Waals surface area contributed by atoms with Gasteiger partial charge in [-0.25, -0.2) is 9.37 Å². The van der Waals surface area contributed by atoms with E-state index >= 15 is 8.78 Å². The number of nitrogens with two attached hydrogens (primary N) is 1. The molecule has 2 unspecified atom stereocenters. The average Bonchev–Trinajstić information content (AvgIpc) is 3.52. The molecule has 0 saturated carbocycles. The molecule has 0 amide bonds. The highest BCUT2D eigenvalue weighted by atomic mass is 32.2. The van der Waals surface area contributed by atoms with Crippen LogP contribution in [0.3, 0.4) is 0 Å². The average molecular weight is 660 g/mol. The summed E-state index contributed by atoms with van der Waals surface area (Å²) in [6.07, 6.45) is 2.02. The molecule has 0 spiro atoms. The third-order valence-corrected chi connectivity index (χ3v) is 8.05. The molecule has 0 bridgehead atoms. The highest BCUT2D eigenvalue weighted by molar-refractivity contribution is 7.99. The van der Waals surface area contributed by atoms with E-state index in [4.69, 9.17) is 24.7 Å². The molecule has 13 heteroatoms. The molecule has 0 aliphatic carbocycles. The van der Waals surface area contributed by atoms with Crippen LogP contribution in [0, 0.1) is 23.0 Å². The number of pyridine rings is 1. The van der Waals surface area contributed by atoms with Crippen molar-refractivity contribution in [3.8, 4) is 34.9 Å². The summed E-state index contributed by atoms with van der Waals surface area (Å²) in [6, 6.07) is 20.0. The Morgan fingerprint density at radius 1 is 1.11 bits per heavy atom. The maximum Gasteiger partial charge on any atom is 0.323 e. The molecular formula is C34H31F2N5O5S. The lowest BCUT2D eigenvalue weighted by Gasteiger charge is -2.22. The molecule has 0 saturated heterocycles. The Labute approximate surface area is 274 Å². The van der Waals surface area contributed by atoms with Gasteiger partial charge in [-0.05, 0) is 49.9 Å². The van der Waals surface area contributed by atoms with E-state index in [9.17, 15) is 10.1 Å². The zero-order valence-corrected chi connectivity index (χ0v) is 26.4. The van der Waals surface area contributed by atoms with E-state index in [1.165, 1.54) is 30.0 Å². The topological polar surface area (TPSA) is 132 Å². The van der Waals surface area contributed by atoms with Crippen LogP contribution in [0.4, 0.5) is 8.78 Å². The van der Waals surface area contributed by atoms with E-state index in [2.05, 4.69) is 9.98 Å². The van der Waals surface area contributed by atoms with E-state index in [0.717, 1.165) is 16.7 Å². The van der Waals surface area contributed by atoms with Gasteiger partial charge >= 0.3 is 5.97 Å². The maximum atomic E-state index is 15.9. The van der Waals surface area contributed by atoms with Crippen molar-refractivity contribution in [2.24, 2.45) is 10.7 Å². The minimum atomic E-state index is -1.20. The molecule has 3 aromatic carbocycles. The van der Waals surface area contributed by atoms with Crippen molar-refractivity contribution in [3.63, 3.8) is 0 Å². The number of hydrogen-bond acceptors (Lipinski definition) is 11. The third-order valence-electron chi connectivity index (χ3n) is 6.94. The summed E-state index contributed by atoms with van der Waals surface area (Å²) in [5.41, 5.74) is 7.61. The number of rotatable bonds is 13. The molecule has 0 fully saturated rings. The van der Waals surface area contributed by atoms with Crippen LogP contribution in [0.1, 0.15) is 29.8 Å². The molecule has 5 rings (SSSR count). The van der Waals surface area contributed by atoms with E-state index in [-0.39, 0.29) is 41.8 Å². The second-order valence-corrected chi connectivity index (χ2v) is 11.4. The Morgan fingerprint density at radius 3 is 2.62 bits per heavy atom. The largest absolute Gasteiger partial charge is 0.485 e. The lowest BCUT2D eigenvalue weighted by Crippen LogP contribution is -2.34. The molecule has 10 nitrogen and oxygen atoms in total. The van der Waals surface area contributed by atoms with Gasteiger partial charge in [0.05, 0.1) is 24.4 Å². The number of esters is 1. The number of aromatic nitrogens is 1. The second-order valence-electron chi connectivity index (χ2n) is 10.3. The maximum absolute atomic E-state index is 15.9. The standard InChI is InChI=1S/C34H31F2N5O5S/c1-3-43-34(42)26(38)20-47-23-10-12-27(24(16-23)32-39-13-14-41(32)2)45-31-25(35)18-40-33(30(31)36)46-29-15-22(17-37)9-11-28(29)44-19-21-7-5-4-6-8-21/h4-13,15-16,18,26,32H,3,14,19-20,38H2,1-2H3. The summed E-state index contributed by atoms with van der Waals surface area (Å²) < 4.78 is 53.6. The molecule has 2 N–H and O–H groups in total. The fraction of sp³-hybridized carbons (Fsp3) is 0.235. The Bertz CT molecular complexity index is 1800. The molecule has 242 valence electrons. The van der Waals surface area contributed by atoms with Crippen LogP contribution in [0.15, 0.2) is 82.8 Å². The molecule has 2 atom stereocenters. The molecule has 1 aliphatic rings. The van der Waals surface area contributed by atoms with Crippen molar-refractivity contribution in [1.29, 1.82) is 5.26 Å². The van der Waals surface area contributed by atoms with Crippen LogP contribution >= 0.6 is 11.8 Å². The SMILES string of the molecule is CCOC(=O)C(N)CSc1ccc(Oc2c(F)cnc(Oc3cc(C#N)ccc3OCc3ccccc3)c2F)c(C2N=CCN2C)c1. The number of ether oxygens (including phenoxy) is 4. The minimum absolute atomic E-state index is 0.00829. The van der Waals surface area contributed by atoms with Gasteiger partial charge < -0.3 is 24.7 Å². The van der Waals surface area contributed by atoms with Crippen LogP contribution in [0.2, 0.25) is 0 Å². The van der Waals surface area contributed by atoms with Crippen LogP contribution in [-0.2, 0) is 16.1 Å². The van der Waals surface area contributed by atoms with Crippen molar-refractivity contribution >= 4 is 23.9 Å². The van der Waals surface area contributed by atoms with Crippen LogP contribution in [-0.4, -0.2) is 54.1 Å². The summed E-state index contributed by atoms with van der Waals surface area (Å²) in [7, 11) is 1.85. The van der Waals surface area contributed by atoms with Gasteiger partial charge in [-0.3, -0.25) is 14.7 Å². The van der Waals surface area contributed by atoms with Gasteiger partial charge in [0, 0.05) is 35.0 Å². The first-order valence-corrected chi connectivity index (χ1v) is 15.6. The molecular weight excluding hydrogens is 628 g/mol. The number of nitrogens with zero attached hydrogens (tertiary/aromatic N) is 4. The van der Waals surface area contributed by atoms with E-state index in [0.29, 0.717) is 12.1 Å². The predicted molar refractivity (Wildman–Crippen MR) is 172 cm³/mol. The number of nitriles is 1. The van der Waals surface area contributed by atoms with Gasteiger partial charge in [0.2, 0.25) is 11.6 Å². The zero-order valence-electron chi connectivity index (χ0n) is 25.6. The summed E-state index contributed by atoms with van der Waals surface area (Å²) in [5, 5.41) is 9.44. The van der Waals surface area contributed by atoms with Gasteiger partial charge in [-0.15, -0.1) is 11.8 Å². The van der Waals surface area contributed by atoms with Crippen LogP contribution in [0.25, 0.3) is 0 Å². The first-order chi connectivity index (χ1) is 22.8. The van der Waals surface area contributed by atoms with Crippen molar-refractivity contribution < 1.29 is 32.5 Å². The first-order valence-electron chi connectivity index (χ1n) is 14.6. The third kappa shape index (κ3) is 8.23. The quantitative estimate of drug-likeness (QED) is 0.127. The zero-order chi connectivity index (χ0) is 33.3. The van der Waals surface area contributed by atoms with Gasteiger partial charge in [-0.1, -0.05) is 30.3 Å².